The van der Waals surface area contributed by atoms with Crippen molar-refractivity contribution in [2.45, 2.75) is 11.8 Å². The molecule has 0 amide bonds. The Kier molecular flexibility index (Phi) is 4.93. The summed E-state index contributed by atoms with van der Waals surface area (Å²) in [6.07, 6.45) is 0. The van der Waals surface area contributed by atoms with E-state index in [-0.39, 0.29) is 4.83 Å². The molecule has 0 saturated carbocycles. The number of hydrogen-bond acceptors (Lipinski definition) is 1. The lowest BCUT2D eigenvalue weighted by atomic mass is 10.0. The van der Waals surface area contributed by atoms with Crippen LogP contribution in [0.25, 0.3) is 0 Å². The number of benzene rings is 2. The lowest BCUT2D eigenvalue weighted by molar-refractivity contribution is 0.410. The van der Waals surface area contributed by atoms with E-state index in [1.165, 1.54) is 5.56 Å². The lowest BCUT2D eigenvalue weighted by Crippen LogP contribution is -1.98. The normalized spacial score (nSPS) is 12.3. The van der Waals surface area contributed by atoms with Crippen LogP contribution in [0.1, 0.15) is 21.5 Å². The topological polar surface area (TPSA) is 9.23 Å². The predicted molar refractivity (Wildman–Crippen MR) is 87.7 cm³/mol. The minimum atomic E-state index is -0.00708. The van der Waals surface area contributed by atoms with Crippen LogP contribution in [-0.4, -0.2) is 7.11 Å². The van der Waals surface area contributed by atoms with Crippen LogP contribution in [0.5, 0.6) is 5.75 Å². The predicted octanol–water partition coefficient (Wildman–Crippen LogP) is 5.90. The number of ether oxygens (including phenoxy) is 1. The van der Waals surface area contributed by atoms with Crippen LogP contribution in [0.15, 0.2) is 40.9 Å². The molecule has 1 atom stereocenters. The van der Waals surface area contributed by atoms with Gasteiger partial charge >= 0.3 is 0 Å². The summed E-state index contributed by atoms with van der Waals surface area (Å²) in [6.45, 7) is 2.06. The van der Waals surface area contributed by atoms with Gasteiger partial charge in [0.05, 0.1) is 11.9 Å². The fourth-order valence-corrected chi connectivity index (χ4v) is 3.40. The second-order valence-electron chi connectivity index (χ2n) is 4.27. The fourth-order valence-electron chi connectivity index (χ4n) is 1.93. The largest absolute Gasteiger partial charge is 0.496 e. The summed E-state index contributed by atoms with van der Waals surface area (Å²) in [5.74, 6) is 0.850. The Bertz CT molecular complexity index is 599. The monoisotopic (exact) mass is 402 g/mol. The maximum Gasteiger partial charge on any atom is 0.123 e. The molecule has 0 aliphatic rings. The molecule has 0 bridgehead atoms. The van der Waals surface area contributed by atoms with E-state index in [9.17, 15) is 0 Å². The van der Waals surface area contributed by atoms with E-state index in [1.807, 2.05) is 30.3 Å². The molecule has 0 spiro atoms. The second-order valence-corrected chi connectivity index (χ2v) is 6.51. The van der Waals surface area contributed by atoms with Crippen molar-refractivity contribution in [1.29, 1.82) is 0 Å². The van der Waals surface area contributed by atoms with E-state index < -0.39 is 0 Å². The van der Waals surface area contributed by atoms with Crippen molar-refractivity contribution in [2.24, 2.45) is 0 Å². The average Bonchev–Trinajstić information content (AvgIpc) is 2.40. The van der Waals surface area contributed by atoms with E-state index in [4.69, 9.17) is 16.3 Å². The van der Waals surface area contributed by atoms with Gasteiger partial charge in [0.25, 0.3) is 0 Å². The van der Waals surface area contributed by atoms with Gasteiger partial charge in [-0.25, -0.2) is 0 Å². The molecule has 0 saturated heterocycles. The summed E-state index contributed by atoms with van der Waals surface area (Å²) in [5, 5.41) is 0.730. The maximum atomic E-state index is 6.28. The van der Waals surface area contributed by atoms with Gasteiger partial charge in [-0.15, -0.1) is 0 Å². The maximum absolute atomic E-state index is 6.28. The Morgan fingerprint density at radius 2 is 1.84 bits per heavy atom. The van der Waals surface area contributed by atoms with Crippen LogP contribution >= 0.6 is 43.5 Å². The summed E-state index contributed by atoms with van der Waals surface area (Å²) in [7, 11) is 1.68. The van der Waals surface area contributed by atoms with Crippen LogP contribution in [0.2, 0.25) is 5.02 Å². The summed E-state index contributed by atoms with van der Waals surface area (Å²) >= 11 is 13.5. The molecule has 2 rings (SSSR count). The van der Waals surface area contributed by atoms with Crippen molar-refractivity contribution in [3.05, 3.63) is 62.6 Å². The van der Waals surface area contributed by atoms with Crippen molar-refractivity contribution in [2.75, 3.05) is 7.11 Å². The van der Waals surface area contributed by atoms with Gasteiger partial charge in [0, 0.05) is 15.1 Å². The average molecular weight is 405 g/mol. The van der Waals surface area contributed by atoms with Crippen LogP contribution in [0, 0.1) is 6.92 Å². The quantitative estimate of drug-likeness (QED) is 0.579. The molecule has 0 heterocycles. The third-order valence-corrected chi connectivity index (χ3v) is 4.71. The van der Waals surface area contributed by atoms with Gasteiger partial charge in [-0.05, 0) is 36.8 Å². The van der Waals surface area contributed by atoms with Crippen molar-refractivity contribution in [1.82, 2.24) is 0 Å². The number of alkyl halides is 1. The molecule has 1 nitrogen and oxygen atoms in total. The van der Waals surface area contributed by atoms with Crippen molar-refractivity contribution in [3.8, 4) is 5.75 Å². The zero-order valence-electron chi connectivity index (χ0n) is 10.6. The number of methoxy groups -OCH3 is 1. The van der Waals surface area contributed by atoms with Gasteiger partial charge in [0.2, 0.25) is 0 Å². The molecule has 0 fully saturated rings. The van der Waals surface area contributed by atoms with Crippen molar-refractivity contribution in [3.63, 3.8) is 0 Å². The molecule has 0 aromatic heterocycles. The van der Waals surface area contributed by atoms with Gasteiger partial charge in [-0.3, -0.25) is 0 Å². The number of hydrogen-bond donors (Lipinski definition) is 0. The highest BCUT2D eigenvalue weighted by Gasteiger charge is 2.18. The first-order chi connectivity index (χ1) is 9.02. The molecule has 0 N–H and O–H groups in total. The van der Waals surface area contributed by atoms with Crippen LogP contribution in [0.4, 0.5) is 0 Å². The van der Waals surface area contributed by atoms with Gasteiger partial charge in [0.15, 0.2) is 0 Å². The van der Waals surface area contributed by atoms with E-state index in [0.717, 1.165) is 26.4 Å². The number of halogens is 3. The third kappa shape index (κ3) is 3.33. The zero-order valence-corrected chi connectivity index (χ0v) is 14.5. The Morgan fingerprint density at radius 1 is 1.11 bits per heavy atom. The number of rotatable bonds is 3. The first-order valence-electron chi connectivity index (χ1n) is 5.76. The highest BCUT2D eigenvalue weighted by Crippen LogP contribution is 2.40. The highest BCUT2D eigenvalue weighted by atomic mass is 79.9. The molecule has 1 unspecified atom stereocenters. The van der Waals surface area contributed by atoms with Crippen LogP contribution in [-0.2, 0) is 0 Å². The van der Waals surface area contributed by atoms with Gasteiger partial charge < -0.3 is 4.74 Å². The summed E-state index contributed by atoms with van der Waals surface area (Å²) in [4.78, 5) is -0.00708. The van der Waals surface area contributed by atoms with Crippen molar-refractivity contribution < 1.29 is 4.74 Å². The zero-order chi connectivity index (χ0) is 14.0. The minimum Gasteiger partial charge on any atom is -0.496 e. The van der Waals surface area contributed by atoms with Gasteiger partial charge in [0.1, 0.15) is 5.75 Å². The summed E-state index contributed by atoms with van der Waals surface area (Å²) < 4.78 is 6.43. The second kappa shape index (κ2) is 6.29. The van der Waals surface area contributed by atoms with Crippen LogP contribution < -0.4 is 4.74 Å². The van der Waals surface area contributed by atoms with E-state index in [0.29, 0.717) is 0 Å². The Balaban J connectivity index is 2.51. The Hall–Kier alpha value is -0.510. The minimum absolute atomic E-state index is 0.00708. The highest BCUT2D eigenvalue weighted by molar-refractivity contribution is 9.10. The first-order valence-corrected chi connectivity index (χ1v) is 7.85. The van der Waals surface area contributed by atoms with Gasteiger partial charge in [-0.1, -0.05) is 61.2 Å². The molecule has 19 heavy (non-hydrogen) atoms. The molecular weight excluding hydrogens is 391 g/mol. The molecule has 4 heteroatoms. The standard InChI is InChI=1S/C15H13Br2ClO/c1-9-3-6-14(19-2)12(7-9)15(17)11-8-10(16)4-5-13(11)18/h3-8,15H,1-2H3. The molecule has 2 aromatic rings. The van der Waals surface area contributed by atoms with E-state index in [1.54, 1.807) is 7.11 Å². The molecule has 100 valence electrons. The van der Waals surface area contributed by atoms with E-state index >= 15 is 0 Å². The molecule has 0 aliphatic heterocycles. The van der Waals surface area contributed by atoms with Gasteiger partial charge in [-0.2, -0.15) is 0 Å². The third-order valence-electron chi connectivity index (χ3n) is 2.89. The van der Waals surface area contributed by atoms with E-state index in [2.05, 4.69) is 44.8 Å². The molecule has 2 aromatic carbocycles. The Morgan fingerprint density at radius 3 is 2.53 bits per heavy atom. The molecule has 0 radical (unpaired) electrons. The smallest absolute Gasteiger partial charge is 0.123 e. The van der Waals surface area contributed by atoms with Crippen molar-refractivity contribution >= 4 is 43.5 Å². The number of aryl methyl sites for hydroxylation is 1. The molecular formula is C15H13Br2ClO. The Labute approximate surface area is 135 Å². The molecule has 0 aliphatic carbocycles. The lowest BCUT2D eigenvalue weighted by Gasteiger charge is -2.17. The summed E-state index contributed by atoms with van der Waals surface area (Å²) in [5.41, 5.74) is 3.27. The fraction of sp³-hybridized carbons (Fsp3) is 0.200. The van der Waals surface area contributed by atoms with Crippen LogP contribution in [0.3, 0.4) is 0 Å². The summed E-state index contributed by atoms with van der Waals surface area (Å²) in [6, 6.07) is 11.9. The SMILES string of the molecule is COc1ccc(C)cc1C(Br)c1cc(Br)ccc1Cl. The first kappa shape index (κ1) is 14.9.